The zero-order valence-electron chi connectivity index (χ0n) is 11.0. The van der Waals surface area contributed by atoms with Crippen LogP contribution in [0.25, 0.3) is 0 Å². The van der Waals surface area contributed by atoms with Gasteiger partial charge in [-0.3, -0.25) is 4.90 Å². The van der Waals surface area contributed by atoms with Gasteiger partial charge in [-0.2, -0.15) is 0 Å². The van der Waals surface area contributed by atoms with E-state index in [1.807, 2.05) is 11.3 Å². The van der Waals surface area contributed by atoms with Crippen LogP contribution in [0.2, 0.25) is 0 Å². The maximum Gasteiger partial charge on any atom is 0.0594 e. The number of thiophene rings is 1. The van der Waals surface area contributed by atoms with Crippen LogP contribution < -0.4 is 5.32 Å². The molecule has 104 valence electrons. The first-order valence-corrected chi connectivity index (χ1v) is 7.28. The fourth-order valence-corrected chi connectivity index (χ4v) is 2.92. The normalized spacial score (nSPS) is 16.5. The van der Waals surface area contributed by atoms with Gasteiger partial charge in [-0.1, -0.05) is 0 Å². The molecule has 5 heteroatoms. The Bertz CT molecular complexity index is 327. The van der Waals surface area contributed by atoms with Gasteiger partial charge in [0.05, 0.1) is 13.2 Å². The van der Waals surface area contributed by atoms with Crippen LogP contribution in [0.3, 0.4) is 0 Å². The minimum absolute atomic E-state index is 0. The Balaban J connectivity index is 0.00000162. The Labute approximate surface area is 120 Å². The van der Waals surface area contributed by atoms with Crippen LogP contribution in [0.1, 0.15) is 16.9 Å². The fraction of sp³-hybridized carbons (Fsp3) is 0.692. The summed E-state index contributed by atoms with van der Waals surface area (Å²) in [6, 6.07) is 2.19. The lowest BCUT2D eigenvalue weighted by molar-refractivity contribution is 0.0374. The van der Waals surface area contributed by atoms with Gasteiger partial charge in [-0.05, 0) is 43.4 Å². The Morgan fingerprint density at radius 1 is 1.39 bits per heavy atom. The number of rotatable bonds is 6. The number of nitrogens with zero attached hydrogens (tertiary/aromatic N) is 1. The number of morpholine rings is 1. The molecule has 0 unspecified atom stereocenters. The number of hydrogen-bond donors (Lipinski definition) is 1. The van der Waals surface area contributed by atoms with Gasteiger partial charge in [-0.25, -0.2) is 0 Å². The molecule has 1 aromatic heterocycles. The molecule has 3 nitrogen and oxygen atoms in total. The number of halogens is 1. The lowest BCUT2D eigenvalue weighted by Gasteiger charge is -2.26. The molecule has 1 N–H and O–H groups in total. The monoisotopic (exact) mass is 290 g/mol. The number of aryl methyl sites for hydroxylation is 1. The van der Waals surface area contributed by atoms with Gasteiger partial charge >= 0.3 is 0 Å². The second-order valence-electron chi connectivity index (χ2n) is 4.51. The lowest BCUT2D eigenvalue weighted by atomic mass is 10.3. The molecule has 0 amide bonds. The second-order valence-corrected chi connectivity index (χ2v) is 5.51. The van der Waals surface area contributed by atoms with Gasteiger partial charge in [0.15, 0.2) is 0 Å². The van der Waals surface area contributed by atoms with Crippen molar-refractivity contribution < 1.29 is 4.74 Å². The molecule has 0 aromatic carbocycles. The molecular weight excluding hydrogens is 268 g/mol. The molecule has 1 aliphatic rings. The van der Waals surface area contributed by atoms with E-state index in [-0.39, 0.29) is 12.4 Å². The molecule has 0 bridgehead atoms. The molecule has 0 saturated carbocycles. The van der Waals surface area contributed by atoms with Crippen molar-refractivity contribution >= 4 is 23.7 Å². The van der Waals surface area contributed by atoms with Crippen LogP contribution in [0, 0.1) is 6.92 Å². The number of ether oxygens (including phenoxy) is 1. The quantitative estimate of drug-likeness (QED) is 0.814. The topological polar surface area (TPSA) is 24.5 Å². The highest BCUT2D eigenvalue weighted by Crippen LogP contribution is 2.14. The van der Waals surface area contributed by atoms with Crippen LogP contribution in [0.5, 0.6) is 0 Å². The standard InChI is InChI=1S/C13H22N2OS.ClH/c1-12-3-10-17-13(12)11-14-4-2-5-15-6-8-16-9-7-15;/h3,10,14H,2,4-9,11H2,1H3;1H. The van der Waals surface area contributed by atoms with Crippen molar-refractivity contribution in [3.63, 3.8) is 0 Å². The third-order valence-electron chi connectivity index (χ3n) is 3.19. The van der Waals surface area contributed by atoms with Gasteiger partial charge in [0.1, 0.15) is 0 Å². The Hall–Kier alpha value is -0.130. The molecule has 0 radical (unpaired) electrons. The average Bonchev–Trinajstić information content (AvgIpc) is 2.76. The molecular formula is C13H23ClN2OS. The Kier molecular flexibility index (Phi) is 7.86. The molecule has 1 fully saturated rings. The first-order chi connectivity index (χ1) is 8.36. The zero-order chi connectivity index (χ0) is 11.9. The van der Waals surface area contributed by atoms with Crippen LogP contribution in [0.4, 0.5) is 0 Å². The fourth-order valence-electron chi connectivity index (χ4n) is 2.04. The molecule has 2 rings (SSSR count). The van der Waals surface area contributed by atoms with Gasteiger partial charge in [0.25, 0.3) is 0 Å². The van der Waals surface area contributed by atoms with Crippen LogP contribution in [0.15, 0.2) is 11.4 Å². The summed E-state index contributed by atoms with van der Waals surface area (Å²) in [6.07, 6.45) is 1.23. The number of nitrogens with one attached hydrogen (secondary N) is 1. The Morgan fingerprint density at radius 3 is 2.83 bits per heavy atom. The first-order valence-electron chi connectivity index (χ1n) is 6.40. The van der Waals surface area contributed by atoms with E-state index in [1.54, 1.807) is 0 Å². The van der Waals surface area contributed by atoms with E-state index in [0.29, 0.717) is 0 Å². The van der Waals surface area contributed by atoms with Crippen molar-refractivity contribution in [2.45, 2.75) is 19.9 Å². The summed E-state index contributed by atoms with van der Waals surface area (Å²) in [6.45, 7) is 9.51. The maximum atomic E-state index is 5.33. The highest BCUT2D eigenvalue weighted by atomic mass is 35.5. The van der Waals surface area contributed by atoms with Crippen molar-refractivity contribution in [3.05, 3.63) is 21.9 Å². The van der Waals surface area contributed by atoms with E-state index < -0.39 is 0 Å². The molecule has 0 aliphatic carbocycles. The van der Waals surface area contributed by atoms with Gasteiger partial charge in [0, 0.05) is 24.5 Å². The van der Waals surface area contributed by atoms with Gasteiger partial charge < -0.3 is 10.1 Å². The molecule has 0 atom stereocenters. The minimum Gasteiger partial charge on any atom is -0.379 e. The lowest BCUT2D eigenvalue weighted by Crippen LogP contribution is -2.37. The third kappa shape index (κ3) is 5.24. The van der Waals surface area contributed by atoms with E-state index in [0.717, 1.165) is 39.4 Å². The predicted molar refractivity (Wildman–Crippen MR) is 79.9 cm³/mol. The molecule has 1 aromatic rings. The van der Waals surface area contributed by atoms with Crippen molar-refractivity contribution in [3.8, 4) is 0 Å². The SMILES string of the molecule is Cc1ccsc1CNCCCN1CCOCC1.Cl. The Morgan fingerprint density at radius 2 is 2.17 bits per heavy atom. The van der Waals surface area contributed by atoms with E-state index in [2.05, 4.69) is 28.6 Å². The highest BCUT2D eigenvalue weighted by molar-refractivity contribution is 7.10. The van der Waals surface area contributed by atoms with Gasteiger partial charge in [0.2, 0.25) is 0 Å². The van der Waals surface area contributed by atoms with E-state index >= 15 is 0 Å². The summed E-state index contributed by atoms with van der Waals surface area (Å²) < 4.78 is 5.33. The van der Waals surface area contributed by atoms with Crippen molar-refractivity contribution in [2.24, 2.45) is 0 Å². The van der Waals surface area contributed by atoms with E-state index in [9.17, 15) is 0 Å². The molecule has 0 spiro atoms. The highest BCUT2D eigenvalue weighted by Gasteiger charge is 2.08. The summed E-state index contributed by atoms with van der Waals surface area (Å²) >= 11 is 1.85. The number of hydrogen-bond acceptors (Lipinski definition) is 4. The summed E-state index contributed by atoms with van der Waals surface area (Å²) in [7, 11) is 0. The summed E-state index contributed by atoms with van der Waals surface area (Å²) in [5.41, 5.74) is 1.41. The van der Waals surface area contributed by atoms with Crippen molar-refractivity contribution in [1.82, 2.24) is 10.2 Å². The average molecular weight is 291 g/mol. The van der Waals surface area contributed by atoms with Crippen LogP contribution in [-0.2, 0) is 11.3 Å². The van der Waals surface area contributed by atoms with Gasteiger partial charge in [-0.15, -0.1) is 23.7 Å². The predicted octanol–water partition coefficient (Wildman–Crippen LogP) is 2.29. The third-order valence-corrected chi connectivity index (χ3v) is 4.21. The van der Waals surface area contributed by atoms with E-state index in [4.69, 9.17) is 4.74 Å². The molecule has 1 aliphatic heterocycles. The minimum atomic E-state index is 0. The second kappa shape index (κ2) is 8.88. The summed E-state index contributed by atoms with van der Waals surface area (Å²) in [5, 5.41) is 5.69. The first kappa shape index (κ1) is 15.9. The summed E-state index contributed by atoms with van der Waals surface area (Å²) in [4.78, 5) is 3.96. The zero-order valence-corrected chi connectivity index (χ0v) is 12.6. The molecule has 2 heterocycles. The largest absolute Gasteiger partial charge is 0.379 e. The molecule has 1 saturated heterocycles. The van der Waals surface area contributed by atoms with Crippen molar-refractivity contribution in [2.75, 3.05) is 39.4 Å². The van der Waals surface area contributed by atoms with Crippen LogP contribution >= 0.6 is 23.7 Å². The van der Waals surface area contributed by atoms with Crippen molar-refractivity contribution in [1.29, 1.82) is 0 Å². The molecule has 18 heavy (non-hydrogen) atoms. The summed E-state index contributed by atoms with van der Waals surface area (Å²) in [5.74, 6) is 0. The smallest absolute Gasteiger partial charge is 0.0594 e. The maximum absolute atomic E-state index is 5.33. The van der Waals surface area contributed by atoms with E-state index in [1.165, 1.54) is 23.4 Å². The van der Waals surface area contributed by atoms with Crippen LogP contribution in [-0.4, -0.2) is 44.3 Å².